The van der Waals surface area contributed by atoms with Crippen LogP contribution in [0.2, 0.25) is 23.3 Å². The predicted molar refractivity (Wildman–Crippen MR) is 548 cm³/mol. The molecule has 8 aliphatic carbocycles. The maximum absolute atomic E-state index is 4.03. The van der Waals surface area contributed by atoms with Crippen LogP contribution in [0.1, 0.15) is 338 Å². The molecule has 8 heteroatoms. The number of fused-ring (bicyclic) bond motifs is 4. The van der Waals surface area contributed by atoms with Gasteiger partial charge in [-0.05, 0) is 193 Å². The molecule has 6 atom stereocenters. The van der Waals surface area contributed by atoms with Gasteiger partial charge in [-0.3, -0.25) is 0 Å². The van der Waals surface area contributed by atoms with Gasteiger partial charge in [0.15, 0.2) is 0 Å². The van der Waals surface area contributed by atoms with Crippen molar-refractivity contribution in [1.82, 2.24) is 19.2 Å². The predicted octanol–water partition coefficient (Wildman–Crippen LogP) is 32.3. The Labute approximate surface area is 741 Å². The summed E-state index contributed by atoms with van der Waals surface area (Å²) in [6.07, 6.45) is 73.8. The molecular weight excluding hydrogens is 1440 g/mol. The number of allylic oxidation sites excluding steroid dienone is 24. The third kappa shape index (κ3) is 26.4. The lowest BCUT2D eigenvalue weighted by Gasteiger charge is -2.39. The molecule has 0 radical (unpaired) electrons. The van der Waals surface area contributed by atoms with Crippen molar-refractivity contribution in [3.63, 3.8) is 0 Å². The molecule has 12 rings (SSSR count). The van der Waals surface area contributed by atoms with Gasteiger partial charge in [0, 0.05) is 23.7 Å². The Balaban J connectivity index is 0.000000283. The van der Waals surface area contributed by atoms with Crippen LogP contribution in [-0.2, 0) is 0 Å². The minimum absolute atomic E-state index is 0. The van der Waals surface area contributed by atoms with Crippen molar-refractivity contribution >= 4 is 49.3 Å². The third-order valence-corrected chi connectivity index (χ3v) is 25.8. The molecule has 8 aliphatic rings. The van der Waals surface area contributed by atoms with E-state index in [4.69, 9.17) is 0 Å². The van der Waals surface area contributed by atoms with E-state index in [1.165, 1.54) is 156 Å². The lowest BCUT2D eigenvalue weighted by Crippen LogP contribution is -2.50. The normalized spacial score (nSPS) is 18.6. The Bertz CT molecular complexity index is 4150. The van der Waals surface area contributed by atoms with Crippen molar-refractivity contribution in [2.45, 2.75) is 365 Å². The molecule has 0 heterocycles. The second-order valence-corrected chi connectivity index (χ2v) is 36.7. The fraction of sp³-hybridized carbons (Fsp3) is 0.500. The van der Waals surface area contributed by atoms with Crippen molar-refractivity contribution in [3.05, 3.63) is 313 Å². The lowest BCUT2D eigenvalue weighted by atomic mass is 9.43. The largest absolute Gasteiger partial charge is 0.333 e. The van der Waals surface area contributed by atoms with E-state index < -0.39 is 0 Å². The maximum Gasteiger partial charge on any atom is 0.269 e. The molecular formula is C112H168B4N4. The Morgan fingerprint density at radius 3 is 0.817 bits per heavy atom. The fourth-order valence-electron chi connectivity index (χ4n) is 21.1. The summed E-state index contributed by atoms with van der Waals surface area (Å²) in [7, 11) is 0. The van der Waals surface area contributed by atoms with E-state index in [0.29, 0.717) is 123 Å². The molecule has 4 nitrogen and oxygen atoms in total. The Kier molecular flexibility index (Phi) is 44.6. The van der Waals surface area contributed by atoms with Crippen molar-refractivity contribution in [2.75, 3.05) is 0 Å². The average molecular weight is 1610 g/mol. The van der Waals surface area contributed by atoms with E-state index in [1.54, 1.807) is 11.0 Å². The monoisotopic (exact) mass is 1610 g/mol. The topological polar surface area (TPSA) is 13.0 Å². The zero-order valence-electron chi connectivity index (χ0n) is 75.8. The third-order valence-electron chi connectivity index (χ3n) is 25.8. The van der Waals surface area contributed by atoms with Crippen LogP contribution in [0.5, 0.6) is 0 Å². The molecule has 0 N–H and O–H groups in total. The molecule has 120 heavy (non-hydrogen) atoms. The van der Waals surface area contributed by atoms with Gasteiger partial charge in [-0.25, -0.2) is 0 Å². The summed E-state index contributed by atoms with van der Waals surface area (Å²) < 4.78 is 0. The molecule has 4 aromatic carbocycles. The first-order valence-electron chi connectivity index (χ1n) is 46.3. The molecule has 0 spiro atoms. The smallest absolute Gasteiger partial charge is 0.269 e. The van der Waals surface area contributed by atoms with E-state index in [-0.39, 0.29) is 29.7 Å². The fourth-order valence-corrected chi connectivity index (χ4v) is 21.1. The van der Waals surface area contributed by atoms with Crippen LogP contribution in [0.25, 0.3) is 21.9 Å². The number of nitrogens with zero attached hydrogens (tertiary/aromatic N) is 4. The first-order chi connectivity index (χ1) is 56.0. The van der Waals surface area contributed by atoms with Gasteiger partial charge < -0.3 is 19.2 Å². The van der Waals surface area contributed by atoms with Crippen LogP contribution < -0.4 is 0 Å². The van der Waals surface area contributed by atoms with Gasteiger partial charge in [-0.15, -0.1) is 26.3 Å². The summed E-state index contributed by atoms with van der Waals surface area (Å²) in [6.45, 7) is 59.4. The summed E-state index contributed by atoms with van der Waals surface area (Å²) >= 11 is 0. The highest BCUT2D eigenvalue weighted by Crippen LogP contribution is 2.50. The first-order valence-corrected chi connectivity index (χ1v) is 46.3. The van der Waals surface area contributed by atoms with Gasteiger partial charge >= 0.3 is 0 Å². The van der Waals surface area contributed by atoms with Gasteiger partial charge in [0.25, 0.3) is 27.4 Å². The van der Waals surface area contributed by atoms with Crippen molar-refractivity contribution in [1.29, 1.82) is 0 Å². The quantitative estimate of drug-likeness (QED) is 0.0249. The van der Waals surface area contributed by atoms with Crippen LogP contribution in [0.4, 0.5) is 0 Å². The van der Waals surface area contributed by atoms with E-state index in [0.717, 1.165) is 25.7 Å². The second-order valence-electron chi connectivity index (χ2n) is 36.7. The minimum Gasteiger partial charge on any atom is -0.333 e. The zero-order chi connectivity index (χ0) is 83.5. The highest BCUT2D eigenvalue weighted by molar-refractivity contribution is 6.81. The molecule has 0 amide bonds. The van der Waals surface area contributed by atoms with Gasteiger partial charge in [-0.2, -0.15) is 0 Å². The van der Waals surface area contributed by atoms with Crippen molar-refractivity contribution in [2.24, 2.45) is 0 Å². The van der Waals surface area contributed by atoms with Gasteiger partial charge in [0.1, 0.15) is 0 Å². The lowest BCUT2D eigenvalue weighted by molar-refractivity contribution is 0.305. The second kappa shape index (κ2) is 51.8. The Hall–Kier alpha value is -7.18. The summed E-state index contributed by atoms with van der Waals surface area (Å²) in [5, 5.41) is 0. The molecule has 0 aromatic heterocycles. The molecule has 0 saturated carbocycles. The van der Waals surface area contributed by atoms with Gasteiger partial charge in [0.2, 0.25) is 0 Å². The van der Waals surface area contributed by atoms with Crippen LogP contribution in [0, 0.1) is 0 Å². The summed E-state index contributed by atoms with van der Waals surface area (Å²) in [4.78, 5) is 10.8. The summed E-state index contributed by atoms with van der Waals surface area (Å²) in [5.41, 5.74) is 21.0. The number of benzene rings is 4. The molecule has 4 aromatic rings. The zero-order valence-corrected chi connectivity index (χ0v) is 75.8. The van der Waals surface area contributed by atoms with Crippen LogP contribution in [-0.4, -0.2) is 95.0 Å². The van der Waals surface area contributed by atoms with Crippen molar-refractivity contribution < 1.29 is 0 Å². The average Bonchev–Trinajstić information content (AvgIpc) is 1.64. The summed E-state index contributed by atoms with van der Waals surface area (Å²) in [5.74, 6) is 3.75. The number of rotatable bonds is 42. The Morgan fingerprint density at radius 1 is 0.300 bits per heavy atom. The van der Waals surface area contributed by atoms with Crippen molar-refractivity contribution in [3.8, 4) is 0 Å². The maximum atomic E-state index is 4.03. The highest BCUT2D eigenvalue weighted by Gasteiger charge is 2.45. The first kappa shape index (κ1) is 103. The molecule has 0 bridgehead atoms. The van der Waals surface area contributed by atoms with E-state index >= 15 is 0 Å². The van der Waals surface area contributed by atoms with Crippen LogP contribution in [0.3, 0.4) is 0 Å². The van der Waals surface area contributed by atoms with Gasteiger partial charge in [0.05, 0.1) is 0 Å². The number of unbranched alkanes of at least 4 members (excludes halogenated alkanes) is 8. The number of hydrogen-bond donors (Lipinski definition) is 0. The van der Waals surface area contributed by atoms with Crippen LogP contribution >= 0.6 is 0 Å². The summed E-state index contributed by atoms with van der Waals surface area (Å²) in [6, 6.07) is 40.2. The molecule has 0 fully saturated rings. The minimum atomic E-state index is 0. The molecule has 6 unspecified atom stereocenters. The molecule has 648 valence electrons. The van der Waals surface area contributed by atoms with E-state index in [2.05, 4.69) is 389 Å². The van der Waals surface area contributed by atoms with Crippen LogP contribution in [0.15, 0.2) is 268 Å². The van der Waals surface area contributed by atoms with E-state index in [9.17, 15) is 0 Å². The van der Waals surface area contributed by atoms with E-state index in [1.807, 2.05) is 12.2 Å². The number of hydrogen-bond acceptors (Lipinski definition) is 4. The van der Waals surface area contributed by atoms with Gasteiger partial charge in [-0.1, -0.05) is 457 Å². The standard InChI is InChI=1S/C31H46BN.C29H42BN.C25H34BN.C23H30BN.4CH4/c1-7-9-11-13-16-26-20-21-28(22-26)32(33(24(3)4)25(5)6)31-23-27(17-12-10-8-2)29-18-14-15-19-30(29)31;1-7-9-10-11-15-24-18-19-26(20-24)30(31(22(3)4)23(5)6)29-21-25(14-8-2)27-16-12-13-17-28(27)29;1-6-7-8-13-21-18-25(24-17-12-11-16-23(21)24)26(22-14-9-10-15-22)27(19(2)3)20(4)5;1-6-11-19-16-23(22-15-10-9-14-21(19)22)24(20-12-7-8-13-20)25(17(2)3)18(4)5;;;;/h8,14-15,18-25,27-28H,2,7,9-13,16-17H2,1,3-6H3;8,12-13,16-23,25-26H,2,7,9-11,14-15H2,1,3-6H3;6,9-12,14-22H,1,7-8,13H2,2-5H3;6-10,12-20H,1,11H2,2-5H3;4*1H4. The Morgan fingerprint density at radius 2 is 0.558 bits per heavy atom. The molecule has 0 saturated heterocycles. The highest BCUT2D eigenvalue weighted by atomic mass is 15.1. The SMILES string of the molecule is C.C.C.C.C=CCC1C=C(B(C2C=CC(CCCCCC)=C2)N(C(C)C)C(C)C)c2ccccc21.C=CCC1C=C(B(C2C=CC=C2)N(C(C)C)C(C)C)c2ccccc21.C=CCCCC1C=C(B(C2C=CC(CCCCCC)=C2)N(C(C)C)C(C)C)c2ccccc21.C=CCCCC1C=C(B(C2C=CC=C2)N(C(C)C)C(C)C)c2ccccc21. The molecule has 0 aliphatic heterocycles.